The van der Waals surface area contributed by atoms with Crippen LogP contribution in [-0.4, -0.2) is 43.2 Å². The van der Waals surface area contributed by atoms with Gasteiger partial charge in [0.15, 0.2) is 5.60 Å². The van der Waals surface area contributed by atoms with E-state index in [-0.39, 0.29) is 5.97 Å². The summed E-state index contributed by atoms with van der Waals surface area (Å²) in [5.41, 5.74) is 1.33. The maximum atomic E-state index is 11.9. The highest BCUT2D eigenvalue weighted by Crippen LogP contribution is 2.45. The summed E-state index contributed by atoms with van der Waals surface area (Å²) in [6.45, 7) is 3.18. The highest BCUT2D eigenvalue weighted by atomic mass is 79.9. The zero-order chi connectivity index (χ0) is 12.3. The highest BCUT2D eigenvalue weighted by molar-refractivity contribution is 9.10. The van der Waals surface area contributed by atoms with Gasteiger partial charge in [-0.1, -0.05) is 15.9 Å². The van der Waals surface area contributed by atoms with Gasteiger partial charge in [-0.3, -0.25) is 4.90 Å². The molecule has 94 valence electrons. The van der Waals surface area contributed by atoms with E-state index in [0.717, 1.165) is 36.3 Å². The van der Waals surface area contributed by atoms with Crippen LogP contribution < -0.4 is 0 Å². The van der Waals surface area contributed by atoms with Crippen molar-refractivity contribution in [3.63, 3.8) is 0 Å². The average Bonchev–Trinajstić information content (AvgIpc) is 2.49. The third-order valence-corrected chi connectivity index (χ3v) is 4.53. The van der Waals surface area contributed by atoms with Crippen molar-refractivity contribution < 1.29 is 14.3 Å². The Morgan fingerprint density at radius 2 is 2.11 bits per heavy atom. The number of fused-ring (bicyclic) bond motifs is 2. The number of hydrogen-bond acceptors (Lipinski definition) is 4. The predicted octanol–water partition coefficient (Wildman–Crippen LogP) is 1.53. The number of carbonyl (C=O) groups is 1. The summed E-state index contributed by atoms with van der Waals surface area (Å²) in [5, 5.41) is 0. The first-order valence-electron chi connectivity index (χ1n) is 6.03. The fourth-order valence-corrected chi connectivity index (χ4v) is 3.26. The van der Waals surface area contributed by atoms with E-state index in [1.807, 2.05) is 18.2 Å². The number of nitrogens with zero attached hydrogens (tertiary/aromatic N) is 1. The Labute approximate surface area is 113 Å². The molecule has 2 fully saturated rings. The molecule has 0 bridgehead atoms. The van der Waals surface area contributed by atoms with Gasteiger partial charge in [0.1, 0.15) is 0 Å². The first-order valence-corrected chi connectivity index (χ1v) is 6.82. The Morgan fingerprint density at radius 3 is 2.78 bits per heavy atom. The SMILES string of the molecule is O=C1OC2(CN(C3COC3)C2)c2cc(Br)ccc21. The standard InChI is InChI=1S/C13H12BrNO3/c14-8-1-2-10-11(3-8)13(18-12(10)16)6-15(7-13)9-4-17-5-9/h1-3,9H,4-7H2. The molecule has 0 aliphatic carbocycles. The van der Waals surface area contributed by atoms with Crippen molar-refractivity contribution in [1.29, 1.82) is 0 Å². The Hall–Kier alpha value is -0.910. The second-order valence-electron chi connectivity index (χ2n) is 5.17. The van der Waals surface area contributed by atoms with Crippen molar-refractivity contribution in [3.8, 4) is 0 Å². The maximum absolute atomic E-state index is 11.9. The molecule has 4 nitrogen and oxygen atoms in total. The quantitative estimate of drug-likeness (QED) is 0.738. The fourth-order valence-electron chi connectivity index (χ4n) is 2.90. The molecule has 1 spiro atoms. The van der Waals surface area contributed by atoms with Crippen LogP contribution in [0.3, 0.4) is 0 Å². The van der Waals surface area contributed by atoms with Crippen LogP contribution in [0, 0.1) is 0 Å². The van der Waals surface area contributed by atoms with E-state index in [2.05, 4.69) is 20.8 Å². The molecule has 18 heavy (non-hydrogen) atoms. The third kappa shape index (κ3) is 1.35. The number of hydrogen-bond donors (Lipinski definition) is 0. The molecule has 3 heterocycles. The summed E-state index contributed by atoms with van der Waals surface area (Å²) in [6.07, 6.45) is 0. The number of carbonyl (C=O) groups excluding carboxylic acids is 1. The fraction of sp³-hybridized carbons (Fsp3) is 0.462. The van der Waals surface area contributed by atoms with Gasteiger partial charge < -0.3 is 9.47 Å². The van der Waals surface area contributed by atoms with Gasteiger partial charge in [0.2, 0.25) is 0 Å². The van der Waals surface area contributed by atoms with Crippen LogP contribution in [-0.2, 0) is 15.1 Å². The number of benzene rings is 1. The Morgan fingerprint density at radius 1 is 1.33 bits per heavy atom. The molecule has 0 radical (unpaired) electrons. The lowest BCUT2D eigenvalue weighted by molar-refractivity contribution is -0.168. The monoisotopic (exact) mass is 309 g/mol. The molecule has 0 unspecified atom stereocenters. The molecule has 3 aliphatic rings. The lowest BCUT2D eigenvalue weighted by atomic mass is 9.84. The molecule has 1 aromatic rings. The van der Waals surface area contributed by atoms with Gasteiger partial charge >= 0.3 is 5.97 Å². The minimum atomic E-state index is -0.411. The topological polar surface area (TPSA) is 38.8 Å². The predicted molar refractivity (Wildman–Crippen MR) is 67.4 cm³/mol. The van der Waals surface area contributed by atoms with Crippen LogP contribution in [0.1, 0.15) is 15.9 Å². The van der Waals surface area contributed by atoms with Crippen molar-refractivity contribution >= 4 is 21.9 Å². The second kappa shape index (κ2) is 3.56. The molecule has 0 saturated carbocycles. The van der Waals surface area contributed by atoms with Crippen molar-refractivity contribution in [2.75, 3.05) is 26.3 Å². The molecule has 1 aromatic carbocycles. The lowest BCUT2D eigenvalue weighted by Gasteiger charge is -2.52. The van der Waals surface area contributed by atoms with Crippen LogP contribution >= 0.6 is 15.9 Å². The molecular formula is C13H12BrNO3. The molecule has 0 atom stereocenters. The first kappa shape index (κ1) is 11.0. The van der Waals surface area contributed by atoms with Crippen molar-refractivity contribution in [1.82, 2.24) is 4.90 Å². The Kier molecular flexibility index (Phi) is 2.17. The molecule has 4 rings (SSSR count). The van der Waals surface area contributed by atoms with E-state index in [4.69, 9.17) is 9.47 Å². The Balaban J connectivity index is 1.65. The minimum Gasteiger partial charge on any atom is -0.448 e. The van der Waals surface area contributed by atoms with E-state index in [9.17, 15) is 4.79 Å². The summed E-state index contributed by atoms with van der Waals surface area (Å²) in [5.74, 6) is -0.193. The molecular weight excluding hydrogens is 298 g/mol. The van der Waals surface area contributed by atoms with E-state index in [1.54, 1.807) is 0 Å². The number of ether oxygens (including phenoxy) is 2. The summed E-state index contributed by atoms with van der Waals surface area (Å²) >= 11 is 3.46. The van der Waals surface area contributed by atoms with Gasteiger partial charge in [-0.15, -0.1) is 0 Å². The summed E-state index contributed by atoms with van der Waals surface area (Å²) < 4.78 is 11.8. The van der Waals surface area contributed by atoms with Crippen LogP contribution in [0.5, 0.6) is 0 Å². The number of rotatable bonds is 1. The van der Waals surface area contributed by atoms with Crippen molar-refractivity contribution in [2.24, 2.45) is 0 Å². The van der Waals surface area contributed by atoms with Gasteiger partial charge in [-0.05, 0) is 18.2 Å². The smallest absolute Gasteiger partial charge is 0.339 e. The highest BCUT2D eigenvalue weighted by Gasteiger charge is 2.56. The lowest BCUT2D eigenvalue weighted by Crippen LogP contribution is -2.66. The van der Waals surface area contributed by atoms with Crippen LogP contribution in [0.4, 0.5) is 0 Å². The first-order chi connectivity index (χ1) is 8.68. The Bertz CT molecular complexity index is 535. The average molecular weight is 310 g/mol. The molecule has 0 N–H and O–H groups in total. The largest absolute Gasteiger partial charge is 0.448 e. The van der Waals surface area contributed by atoms with Gasteiger partial charge in [0.25, 0.3) is 0 Å². The second-order valence-corrected chi connectivity index (χ2v) is 6.09. The molecule has 0 aromatic heterocycles. The van der Waals surface area contributed by atoms with Crippen molar-refractivity contribution in [3.05, 3.63) is 33.8 Å². The molecule has 3 aliphatic heterocycles. The van der Waals surface area contributed by atoms with Crippen molar-refractivity contribution in [2.45, 2.75) is 11.6 Å². The maximum Gasteiger partial charge on any atom is 0.339 e. The molecule has 2 saturated heterocycles. The van der Waals surface area contributed by atoms with Gasteiger partial charge in [0, 0.05) is 23.1 Å². The van der Waals surface area contributed by atoms with Gasteiger partial charge in [-0.25, -0.2) is 4.79 Å². The normalized spacial score (nSPS) is 25.5. The zero-order valence-corrected chi connectivity index (χ0v) is 11.3. The van der Waals surface area contributed by atoms with Crippen LogP contribution in [0.15, 0.2) is 22.7 Å². The van der Waals surface area contributed by atoms with Crippen LogP contribution in [0.25, 0.3) is 0 Å². The number of likely N-dealkylation sites (tertiary alicyclic amines) is 1. The van der Waals surface area contributed by atoms with E-state index < -0.39 is 5.60 Å². The molecule has 5 heteroatoms. The summed E-state index contributed by atoms with van der Waals surface area (Å²) in [6, 6.07) is 6.24. The minimum absolute atomic E-state index is 0.193. The number of halogens is 1. The summed E-state index contributed by atoms with van der Waals surface area (Å²) in [4.78, 5) is 14.2. The van der Waals surface area contributed by atoms with E-state index in [0.29, 0.717) is 11.6 Å². The summed E-state index contributed by atoms with van der Waals surface area (Å²) in [7, 11) is 0. The third-order valence-electron chi connectivity index (χ3n) is 4.03. The van der Waals surface area contributed by atoms with E-state index >= 15 is 0 Å². The van der Waals surface area contributed by atoms with Gasteiger partial charge in [0.05, 0.1) is 24.8 Å². The van der Waals surface area contributed by atoms with Crippen LogP contribution in [0.2, 0.25) is 0 Å². The van der Waals surface area contributed by atoms with Gasteiger partial charge in [-0.2, -0.15) is 0 Å². The zero-order valence-electron chi connectivity index (χ0n) is 9.69. The number of esters is 1. The van der Waals surface area contributed by atoms with E-state index in [1.165, 1.54) is 0 Å². The molecule has 0 amide bonds.